The first-order valence-electron chi connectivity index (χ1n) is 7.97. The van der Waals surface area contributed by atoms with Crippen LogP contribution in [-0.2, 0) is 4.79 Å². The van der Waals surface area contributed by atoms with E-state index in [4.69, 9.17) is 9.47 Å². The van der Waals surface area contributed by atoms with Gasteiger partial charge in [0, 0.05) is 24.8 Å². The third-order valence-electron chi connectivity index (χ3n) is 4.46. The summed E-state index contributed by atoms with van der Waals surface area (Å²) in [5, 5.41) is 2.98. The maximum atomic E-state index is 12.5. The highest BCUT2D eigenvalue weighted by Crippen LogP contribution is 2.34. The van der Waals surface area contributed by atoms with Gasteiger partial charge in [0.25, 0.3) is 0 Å². The lowest BCUT2D eigenvalue weighted by Crippen LogP contribution is -2.48. The van der Waals surface area contributed by atoms with Crippen LogP contribution >= 0.6 is 0 Å². The van der Waals surface area contributed by atoms with Gasteiger partial charge < -0.3 is 14.8 Å². The van der Waals surface area contributed by atoms with Gasteiger partial charge in [-0.25, -0.2) is 0 Å². The fourth-order valence-electron chi connectivity index (χ4n) is 3.41. The Morgan fingerprint density at radius 2 is 1.91 bits per heavy atom. The summed E-state index contributed by atoms with van der Waals surface area (Å²) in [6, 6.07) is 5.36. The van der Waals surface area contributed by atoms with Crippen LogP contribution in [0.15, 0.2) is 18.2 Å². The Labute approximate surface area is 131 Å². The second-order valence-corrected chi connectivity index (χ2v) is 6.63. The summed E-state index contributed by atoms with van der Waals surface area (Å²) in [5.74, 6) is 2.73. The van der Waals surface area contributed by atoms with Gasteiger partial charge in [-0.1, -0.05) is 13.8 Å². The number of ether oxygens (including phenoxy) is 2. The van der Waals surface area contributed by atoms with E-state index < -0.39 is 0 Å². The van der Waals surface area contributed by atoms with E-state index in [0.717, 1.165) is 24.5 Å². The lowest BCUT2D eigenvalue weighted by Gasteiger charge is -2.38. The van der Waals surface area contributed by atoms with Crippen molar-refractivity contribution in [2.45, 2.75) is 33.2 Å². The molecular weight excluding hydrogens is 280 g/mol. The van der Waals surface area contributed by atoms with Gasteiger partial charge in [-0.2, -0.15) is 0 Å². The highest BCUT2D eigenvalue weighted by Gasteiger charge is 2.29. The molecule has 5 nitrogen and oxygen atoms in total. The molecule has 3 rings (SSSR count). The van der Waals surface area contributed by atoms with Crippen LogP contribution in [0.2, 0.25) is 0 Å². The molecule has 5 heteroatoms. The number of rotatable bonds is 3. The Bertz CT molecular complexity index is 551. The predicted octanol–water partition coefficient (Wildman–Crippen LogP) is 2.72. The van der Waals surface area contributed by atoms with Gasteiger partial charge in [-0.3, -0.25) is 9.69 Å². The molecular formula is C17H24N2O3. The monoisotopic (exact) mass is 304 g/mol. The van der Waals surface area contributed by atoms with E-state index >= 15 is 0 Å². The molecule has 120 valence electrons. The van der Waals surface area contributed by atoms with Gasteiger partial charge in [0.05, 0.1) is 6.04 Å². The molecule has 1 fully saturated rings. The molecule has 22 heavy (non-hydrogen) atoms. The maximum Gasteiger partial charge on any atom is 0.241 e. The lowest BCUT2D eigenvalue weighted by molar-refractivity contribution is -0.121. The summed E-state index contributed by atoms with van der Waals surface area (Å²) < 4.78 is 10.6. The molecule has 0 radical (unpaired) electrons. The minimum absolute atomic E-state index is 0.0279. The Morgan fingerprint density at radius 1 is 1.23 bits per heavy atom. The van der Waals surface area contributed by atoms with Crippen LogP contribution in [0.1, 0.15) is 27.2 Å². The van der Waals surface area contributed by atoms with Gasteiger partial charge in [-0.05, 0) is 37.3 Å². The van der Waals surface area contributed by atoms with E-state index in [1.54, 1.807) is 0 Å². The first-order valence-corrected chi connectivity index (χ1v) is 7.97. The second kappa shape index (κ2) is 6.16. The third-order valence-corrected chi connectivity index (χ3v) is 4.46. The minimum atomic E-state index is -0.129. The molecule has 0 aromatic heterocycles. The van der Waals surface area contributed by atoms with E-state index in [2.05, 4.69) is 24.1 Å². The lowest BCUT2D eigenvalue weighted by atomic mass is 9.91. The van der Waals surface area contributed by atoms with Gasteiger partial charge in [-0.15, -0.1) is 0 Å². The number of carbonyl (C=O) groups excluding carboxylic acids is 1. The number of carbonyl (C=O) groups is 1. The van der Waals surface area contributed by atoms with E-state index in [1.165, 1.54) is 6.42 Å². The number of nitrogens with zero attached hydrogens (tertiary/aromatic N) is 1. The summed E-state index contributed by atoms with van der Waals surface area (Å²) in [7, 11) is 0. The zero-order valence-corrected chi connectivity index (χ0v) is 13.5. The highest BCUT2D eigenvalue weighted by atomic mass is 16.7. The van der Waals surface area contributed by atoms with E-state index in [1.807, 2.05) is 25.1 Å². The summed E-state index contributed by atoms with van der Waals surface area (Å²) in [6.07, 6.45) is 1.24. The number of benzene rings is 1. The van der Waals surface area contributed by atoms with Crippen molar-refractivity contribution in [2.75, 3.05) is 25.2 Å². The quantitative estimate of drug-likeness (QED) is 0.933. The minimum Gasteiger partial charge on any atom is -0.454 e. The molecule has 1 amide bonds. The van der Waals surface area contributed by atoms with Crippen molar-refractivity contribution in [3.8, 4) is 11.5 Å². The van der Waals surface area contributed by atoms with E-state index in [0.29, 0.717) is 17.6 Å². The topological polar surface area (TPSA) is 50.8 Å². The first kappa shape index (κ1) is 15.2. The molecule has 3 atom stereocenters. The zero-order valence-electron chi connectivity index (χ0n) is 13.5. The normalized spacial score (nSPS) is 25.8. The summed E-state index contributed by atoms with van der Waals surface area (Å²) >= 11 is 0. The molecule has 0 aliphatic carbocycles. The Hall–Kier alpha value is -1.75. The average molecular weight is 304 g/mol. The summed E-state index contributed by atoms with van der Waals surface area (Å²) in [6.45, 7) is 8.70. The average Bonchev–Trinajstić information content (AvgIpc) is 2.93. The molecule has 1 saturated heterocycles. The van der Waals surface area contributed by atoms with Crippen molar-refractivity contribution in [1.82, 2.24) is 4.90 Å². The van der Waals surface area contributed by atoms with Crippen molar-refractivity contribution in [3.05, 3.63) is 18.2 Å². The molecule has 0 saturated carbocycles. The molecule has 1 aromatic rings. The fourth-order valence-corrected chi connectivity index (χ4v) is 3.41. The molecule has 2 aliphatic rings. The molecule has 1 aromatic carbocycles. The van der Waals surface area contributed by atoms with Gasteiger partial charge >= 0.3 is 0 Å². The van der Waals surface area contributed by atoms with Crippen molar-refractivity contribution in [2.24, 2.45) is 11.8 Å². The van der Waals surface area contributed by atoms with Crippen LogP contribution in [0.25, 0.3) is 0 Å². The van der Waals surface area contributed by atoms with Crippen LogP contribution in [0.4, 0.5) is 5.69 Å². The Morgan fingerprint density at radius 3 is 2.64 bits per heavy atom. The Kier molecular flexibility index (Phi) is 4.25. The number of anilines is 1. The molecule has 1 N–H and O–H groups in total. The zero-order chi connectivity index (χ0) is 15.7. The summed E-state index contributed by atoms with van der Waals surface area (Å²) in [4.78, 5) is 14.8. The molecule has 0 spiro atoms. The van der Waals surface area contributed by atoms with Crippen LogP contribution in [-0.4, -0.2) is 36.7 Å². The number of amides is 1. The first-order chi connectivity index (χ1) is 10.5. The second-order valence-electron chi connectivity index (χ2n) is 6.63. The molecule has 2 heterocycles. The van der Waals surface area contributed by atoms with Crippen LogP contribution < -0.4 is 14.8 Å². The predicted molar refractivity (Wildman–Crippen MR) is 85.2 cm³/mol. The number of hydrogen-bond donors (Lipinski definition) is 1. The molecule has 3 unspecified atom stereocenters. The van der Waals surface area contributed by atoms with Crippen LogP contribution in [0.5, 0.6) is 11.5 Å². The highest BCUT2D eigenvalue weighted by molar-refractivity contribution is 5.94. The third kappa shape index (κ3) is 3.19. The maximum absolute atomic E-state index is 12.5. The van der Waals surface area contributed by atoms with Crippen molar-refractivity contribution in [3.63, 3.8) is 0 Å². The molecule has 0 bridgehead atoms. The van der Waals surface area contributed by atoms with E-state index in [-0.39, 0.29) is 18.7 Å². The number of likely N-dealkylation sites (tertiary alicyclic amines) is 1. The number of nitrogens with one attached hydrogen (secondary N) is 1. The van der Waals surface area contributed by atoms with E-state index in [9.17, 15) is 4.79 Å². The molecule has 2 aliphatic heterocycles. The van der Waals surface area contributed by atoms with Gasteiger partial charge in [0.1, 0.15) is 0 Å². The van der Waals surface area contributed by atoms with Gasteiger partial charge in [0.2, 0.25) is 12.7 Å². The number of fused-ring (bicyclic) bond motifs is 1. The van der Waals surface area contributed by atoms with Crippen molar-refractivity contribution < 1.29 is 14.3 Å². The largest absolute Gasteiger partial charge is 0.454 e. The number of hydrogen-bond acceptors (Lipinski definition) is 4. The summed E-state index contributed by atoms with van der Waals surface area (Å²) in [5.41, 5.74) is 0.749. The van der Waals surface area contributed by atoms with Crippen molar-refractivity contribution in [1.29, 1.82) is 0 Å². The fraction of sp³-hybridized carbons (Fsp3) is 0.588. The van der Waals surface area contributed by atoms with Gasteiger partial charge in [0.15, 0.2) is 11.5 Å². The van der Waals surface area contributed by atoms with Crippen LogP contribution in [0, 0.1) is 11.8 Å². The number of piperidine rings is 1. The standard InChI is InChI=1S/C17H24N2O3/c1-11-6-12(2)9-19(8-11)13(3)17(20)18-14-4-5-15-16(7-14)22-10-21-15/h4-5,7,11-13H,6,8-10H2,1-3H3,(H,18,20). The Balaban J connectivity index is 1.63. The smallest absolute Gasteiger partial charge is 0.241 e. The van der Waals surface area contributed by atoms with Crippen molar-refractivity contribution >= 4 is 11.6 Å². The van der Waals surface area contributed by atoms with Crippen LogP contribution in [0.3, 0.4) is 0 Å². The SMILES string of the molecule is CC1CC(C)CN(C(C)C(=O)Nc2ccc3c(c2)OCO3)C1.